The molecule has 0 saturated heterocycles. The monoisotopic (exact) mass is 416 g/mol. The van der Waals surface area contributed by atoms with Gasteiger partial charge in [0, 0.05) is 10.4 Å². The molecule has 3 aromatic rings. The number of thiophene rings is 1. The summed E-state index contributed by atoms with van der Waals surface area (Å²) in [6, 6.07) is 7.93. The van der Waals surface area contributed by atoms with Crippen LogP contribution < -0.4 is 5.32 Å². The number of rotatable bonds is 7. The fourth-order valence-electron chi connectivity index (χ4n) is 2.66. The molecule has 0 unspecified atom stereocenters. The smallest absolute Gasteiger partial charge is 0.341 e. The molecule has 0 saturated carbocycles. The number of carbonyl (C=O) groups is 2. The van der Waals surface area contributed by atoms with Gasteiger partial charge >= 0.3 is 5.97 Å². The number of nitrogens with zero attached hydrogens (tertiary/aromatic N) is 2. The van der Waals surface area contributed by atoms with E-state index in [1.54, 1.807) is 6.92 Å². The Bertz CT molecular complexity index is 966. The van der Waals surface area contributed by atoms with Gasteiger partial charge in [-0.15, -0.1) is 11.3 Å². The number of anilines is 1. The summed E-state index contributed by atoms with van der Waals surface area (Å²) < 4.78 is 5.26. The van der Waals surface area contributed by atoms with Crippen molar-refractivity contribution in [1.82, 2.24) is 15.2 Å². The molecule has 0 fully saturated rings. The lowest BCUT2D eigenvalue weighted by Gasteiger charge is -2.09. The van der Waals surface area contributed by atoms with Gasteiger partial charge in [-0.3, -0.25) is 9.89 Å². The summed E-state index contributed by atoms with van der Waals surface area (Å²) in [6.07, 6.45) is 1.38. The topological polar surface area (TPSA) is 97.0 Å². The van der Waals surface area contributed by atoms with Crippen LogP contribution in [0, 0.1) is 13.8 Å². The van der Waals surface area contributed by atoms with Crippen molar-refractivity contribution in [3.63, 3.8) is 0 Å². The van der Waals surface area contributed by atoms with Gasteiger partial charge in [0.05, 0.1) is 12.4 Å². The molecule has 1 amide bonds. The van der Waals surface area contributed by atoms with Gasteiger partial charge in [0.15, 0.2) is 5.16 Å². The number of nitrogens with one attached hydrogen (secondary N) is 2. The third-order valence-electron chi connectivity index (χ3n) is 3.89. The number of aryl methyl sites for hydroxylation is 2. The second-order valence-electron chi connectivity index (χ2n) is 5.95. The SMILES string of the molecule is CCOC(=O)c1c(NC(=O)CSc2ncn[nH]2)sc(C)c1-c1ccc(C)cc1. The van der Waals surface area contributed by atoms with Gasteiger partial charge in [-0.25, -0.2) is 9.78 Å². The number of aromatic nitrogens is 3. The molecule has 0 radical (unpaired) electrons. The minimum absolute atomic E-state index is 0.147. The zero-order valence-electron chi connectivity index (χ0n) is 15.7. The number of H-pyrrole nitrogens is 1. The zero-order valence-corrected chi connectivity index (χ0v) is 17.4. The molecule has 28 heavy (non-hydrogen) atoms. The number of esters is 1. The standard InChI is InChI=1S/C19H20N4O3S2/c1-4-26-18(25)16-15(13-7-5-11(2)6-8-13)12(3)28-17(16)22-14(24)9-27-19-20-10-21-23-19/h5-8,10H,4,9H2,1-3H3,(H,22,24)(H,20,21,23). The van der Waals surface area contributed by atoms with E-state index in [9.17, 15) is 9.59 Å². The molecule has 2 aromatic heterocycles. The van der Waals surface area contributed by atoms with E-state index in [1.807, 2.05) is 38.1 Å². The maximum atomic E-state index is 12.7. The lowest BCUT2D eigenvalue weighted by Crippen LogP contribution is -2.16. The van der Waals surface area contributed by atoms with Crippen molar-refractivity contribution in [2.75, 3.05) is 17.7 Å². The summed E-state index contributed by atoms with van der Waals surface area (Å²) in [5.74, 6) is -0.530. The molecule has 0 aliphatic heterocycles. The van der Waals surface area contributed by atoms with E-state index in [4.69, 9.17) is 4.74 Å². The van der Waals surface area contributed by atoms with Gasteiger partial charge in [0.1, 0.15) is 16.9 Å². The predicted octanol–water partition coefficient (Wildman–Crippen LogP) is 4.06. The van der Waals surface area contributed by atoms with Crippen molar-refractivity contribution in [3.8, 4) is 11.1 Å². The molecule has 0 spiro atoms. The summed E-state index contributed by atoms with van der Waals surface area (Å²) in [4.78, 5) is 30.0. The summed E-state index contributed by atoms with van der Waals surface area (Å²) >= 11 is 2.60. The fraction of sp³-hybridized carbons (Fsp3) is 0.263. The van der Waals surface area contributed by atoms with E-state index in [2.05, 4.69) is 20.5 Å². The first-order chi connectivity index (χ1) is 13.5. The second-order valence-corrected chi connectivity index (χ2v) is 8.14. The Morgan fingerprint density at radius 3 is 2.64 bits per heavy atom. The van der Waals surface area contributed by atoms with Crippen LogP contribution in [0.15, 0.2) is 35.7 Å². The predicted molar refractivity (Wildman–Crippen MR) is 111 cm³/mol. The molecule has 146 valence electrons. The normalized spacial score (nSPS) is 10.7. The van der Waals surface area contributed by atoms with Gasteiger partial charge in [0.25, 0.3) is 0 Å². The van der Waals surface area contributed by atoms with E-state index in [0.717, 1.165) is 21.6 Å². The lowest BCUT2D eigenvalue weighted by molar-refractivity contribution is -0.113. The van der Waals surface area contributed by atoms with Gasteiger partial charge in [-0.05, 0) is 26.3 Å². The average molecular weight is 417 g/mol. The Balaban J connectivity index is 1.89. The van der Waals surface area contributed by atoms with Crippen molar-refractivity contribution < 1.29 is 14.3 Å². The van der Waals surface area contributed by atoms with Gasteiger partial charge in [0.2, 0.25) is 5.91 Å². The highest BCUT2D eigenvalue weighted by Crippen LogP contribution is 2.40. The van der Waals surface area contributed by atoms with Crippen LogP contribution in [-0.2, 0) is 9.53 Å². The molecule has 0 atom stereocenters. The minimum Gasteiger partial charge on any atom is -0.462 e. The van der Waals surface area contributed by atoms with E-state index < -0.39 is 5.97 Å². The van der Waals surface area contributed by atoms with E-state index >= 15 is 0 Å². The number of ether oxygens (including phenoxy) is 1. The molecule has 2 N–H and O–H groups in total. The summed E-state index contributed by atoms with van der Waals surface area (Å²) in [5.41, 5.74) is 3.24. The first kappa shape index (κ1) is 20.1. The van der Waals surface area contributed by atoms with Crippen molar-refractivity contribution >= 4 is 40.0 Å². The lowest BCUT2D eigenvalue weighted by atomic mass is 10.0. The number of benzene rings is 1. The first-order valence-electron chi connectivity index (χ1n) is 8.65. The van der Waals surface area contributed by atoms with Crippen molar-refractivity contribution in [2.45, 2.75) is 25.9 Å². The molecule has 9 heteroatoms. The van der Waals surface area contributed by atoms with Crippen molar-refractivity contribution in [2.24, 2.45) is 0 Å². The van der Waals surface area contributed by atoms with Crippen LogP contribution in [0.5, 0.6) is 0 Å². The highest BCUT2D eigenvalue weighted by Gasteiger charge is 2.25. The Labute approximate surface area is 170 Å². The number of hydrogen-bond acceptors (Lipinski definition) is 7. The van der Waals surface area contributed by atoms with E-state index in [1.165, 1.54) is 29.4 Å². The van der Waals surface area contributed by atoms with Crippen molar-refractivity contribution in [1.29, 1.82) is 0 Å². The highest BCUT2D eigenvalue weighted by atomic mass is 32.2. The summed E-state index contributed by atoms with van der Waals surface area (Å²) in [6.45, 7) is 5.96. The molecule has 0 bridgehead atoms. The number of thioether (sulfide) groups is 1. The van der Waals surface area contributed by atoms with Gasteiger partial charge < -0.3 is 10.1 Å². The summed E-state index contributed by atoms with van der Waals surface area (Å²) in [5, 5.41) is 10.3. The molecule has 7 nitrogen and oxygen atoms in total. The van der Waals surface area contributed by atoms with Gasteiger partial charge in [-0.1, -0.05) is 41.6 Å². The van der Waals surface area contributed by atoms with Crippen molar-refractivity contribution in [3.05, 3.63) is 46.6 Å². The number of hydrogen-bond donors (Lipinski definition) is 2. The van der Waals surface area contributed by atoms with Crippen LogP contribution in [0.2, 0.25) is 0 Å². The molecule has 0 aliphatic rings. The van der Waals surface area contributed by atoms with Gasteiger partial charge in [-0.2, -0.15) is 5.10 Å². The Kier molecular flexibility index (Phi) is 6.48. The third-order valence-corrected chi connectivity index (χ3v) is 5.79. The number of amides is 1. The molecular weight excluding hydrogens is 396 g/mol. The van der Waals surface area contributed by atoms with Crippen LogP contribution >= 0.6 is 23.1 Å². The number of aromatic amines is 1. The number of carbonyl (C=O) groups excluding carboxylic acids is 2. The fourth-order valence-corrected chi connectivity index (χ4v) is 4.32. The Morgan fingerprint density at radius 1 is 1.25 bits per heavy atom. The quantitative estimate of drug-likeness (QED) is 0.445. The largest absolute Gasteiger partial charge is 0.462 e. The van der Waals surface area contributed by atoms with Crippen LogP contribution in [0.4, 0.5) is 5.00 Å². The maximum Gasteiger partial charge on any atom is 0.341 e. The molecular formula is C19H20N4O3S2. The van der Waals surface area contributed by atoms with Crippen LogP contribution in [0.3, 0.4) is 0 Å². The third kappa shape index (κ3) is 4.60. The maximum absolute atomic E-state index is 12.7. The van der Waals surface area contributed by atoms with Crippen LogP contribution in [0.25, 0.3) is 11.1 Å². The second kappa shape index (κ2) is 9.03. The molecule has 0 aliphatic carbocycles. The summed E-state index contributed by atoms with van der Waals surface area (Å²) in [7, 11) is 0. The van der Waals surface area contributed by atoms with Crippen LogP contribution in [0.1, 0.15) is 27.7 Å². The highest BCUT2D eigenvalue weighted by molar-refractivity contribution is 7.99. The molecule has 2 heterocycles. The zero-order chi connectivity index (χ0) is 20.1. The average Bonchev–Trinajstić information content (AvgIpc) is 3.29. The Morgan fingerprint density at radius 2 is 2.00 bits per heavy atom. The first-order valence-corrected chi connectivity index (χ1v) is 10.4. The molecule has 3 rings (SSSR count). The molecule has 1 aromatic carbocycles. The van der Waals surface area contributed by atoms with E-state index in [-0.39, 0.29) is 18.3 Å². The Hall–Kier alpha value is -2.65. The minimum atomic E-state index is -0.444. The van der Waals surface area contributed by atoms with Crippen LogP contribution in [-0.4, -0.2) is 39.4 Å². The van der Waals surface area contributed by atoms with E-state index in [0.29, 0.717) is 15.7 Å².